The van der Waals surface area contributed by atoms with Crippen LogP contribution in [0.15, 0.2) is 107 Å². The van der Waals surface area contributed by atoms with Gasteiger partial charge in [-0.2, -0.15) is 0 Å². The van der Waals surface area contributed by atoms with Crippen LogP contribution in [0.25, 0.3) is 0 Å². The topological polar surface area (TPSA) is 119 Å². The highest BCUT2D eigenvalue weighted by molar-refractivity contribution is 7.98. The molecule has 3 aromatic carbocycles. The summed E-state index contributed by atoms with van der Waals surface area (Å²) < 4.78 is 26.2. The van der Waals surface area contributed by atoms with Crippen LogP contribution < -0.4 is 9.47 Å². The first-order valence-electron chi connectivity index (χ1n) is 20.3. The summed E-state index contributed by atoms with van der Waals surface area (Å²) in [6.45, 7) is 7.16. The number of nitrogens with zero attached hydrogens (tertiary/aromatic N) is 2. The van der Waals surface area contributed by atoms with Gasteiger partial charge in [-0.25, -0.2) is 4.79 Å². The van der Waals surface area contributed by atoms with Gasteiger partial charge in [0.1, 0.15) is 29.9 Å². The summed E-state index contributed by atoms with van der Waals surface area (Å²) in [6, 6.07) is 23.3. The number of aliphatic hydroxyl groups excluding tert-OH is 2. The number of fused-ring (bicyclic) bond motifs is 2. The SMILES string of the molecule is C=CCOC12Oc3ccc(Oc4ccc(SC)cc4)cc3C3C(CCCCO)C(CCCCO)C=C(C(=NOCc4ccccc4)CC1N(CCC)C(=O)OC)C32. The molecule has 0 spiro atoms. The van der Waals surface area contributed by atoms with Gasteiger partial charge >= 0.3 is 6.09 Å². The number of methoxy groups -OCH3 is 1. The minimum Gasteiger partial charge on any atom is -0.459 e. The van der Waals surface area contributed by atoms with Gasteiger partial charge in [0.05, 0.1) is 25.3 Å². The van der Waals surface area contributed by atoms with Gasteiger partial charge in [0.15, 0.2) is 0 Å². The molecule has 0 bridgehead atoms. The van der Waals surface area contributed by atoms with Crippen molar-refractivity contribution in [3.05, 3.63) is 108 Å². The van der Waals surface area contributed by atoms with Gasteiger partial charge in [0.2, 0.25) is 5.79 Å². The fourth-order valence-electron chi connectivity index (χ4n) is 8.98. The fraction of sp³-hybridized carbons (Fsp3) is 0.478. The molecule has 6 rings (SSSR count). The second kappa shape index (κ2) is 20.4. The quantitative estimate of drug-likeness (QED) is 0.0499. The Labute approximate surface area is 341 Å². The summed E-state index contributed by atoms with van der Waals surface area (Å²) in [5.74, 6) is 0.359. The number of carbonyl (C=O) groups excluding carboxylic acids is 1. The molecule has 57 heavy (non-hydrogen) atoms. The largest absolute Gasteiger partial charge is 0.459 e. The third-order valence-electron chi connectivity index (χ3n) is 11.4. The number of benzene rings is 3. The molecule has 0 radical (unpaired) electrons. The molecule has 2 N–H and O–H groups in total. The van der Waals surface area contributed by atoms with E-state index < -0.39 is 23.8 Å². The lowest BCUT2D eigenvalue weighted by Gasteiger charge is -2.59. The number of unbranched alkanes of at least 4 members (excludes halogenated alkanes) is 2. The number of rotatable bonds is 20. The van der Waals surface area contributed by atoms with E-state index in [1.54, 1.807) is 22.7 Å². The number of oxime groups is 1. The van der Waals surface area contributed by atoms with Crippen LogP contribution in [-0.2, 0) is 20.9 Å². The average Bonchev–Trinajstić information content (AvgIpc) is 3.24. The first-order chi connectivity index (χ1) is 27.9. The number of thioether (sulfide) groups is 1. The maximum atomic E-state index is 13.8. The number of hydrogen-bond donors (Lipinski definition) is 2. The molecular formula is C46H58N2O8S. The summed E-state index contributed by atoms with van der Waals surface area (Å²) in [5.41, 5.74) is 3.70. The number of allylic oxidation sites excluding steroid dienone is 1. The second-order valence-corrected chi connectivity index (χ2v) is 15.9. The van der Waals surface area contributed by atoms with Gasteiger partial charge in [-0.05, 0) is 104 Å². The fourth-order valence-corrected chi connectivity index (χ4v) is 9.39. The molecule has 1 amide bonds. The predicted octanol–water partition coefficient (Wildman–Crippen LogP) is 9.51. The zero-order chi connectivity index (χ0) is 40.2. The summed E-state index contributed by atoms with van der Waals surface area (Å²) in [7, 11) is 1.40. The van der Waals surface area contributed by atoms with Crippen LogP contribution in [0, 0.1) is 17.8 Å². The number of carbonyl (C=O) groups is 1. The molecule has 2 aliphatic carbocycles. The highest BCUT2D eigenvalue weighted by atomic mass is 32.2. The van der Waals surface area contributed by atoms with Gasteiger partial charge < -0.3 is 34.0 Å². The predicted molar refractivity (Wildman–Crippen MR) is 224 cm³/mol. The molecule has 1 fully saturated rings. The second-order valence-electron chi connectivity index (χ2n) is 15.0. The first-order valence-corrected chi connectivity index (χ1v) is 21.5. The van der Waals surface area contributed by atoms with Gasteiger partial charge in [-0.3, -0.25) is 4.90 Å². The lowest BCUT2D eigenvalue weighted by Crippen LogP contribution is -2.70. The Morgan fingerprint density at radius 2 is 1.75 bits per heavy atom. The molecular weight excluding hydrogens is 741 g/mol. The van der Waals surface area contributed by atoms with Crippen LogP contribution in [0.1, 0.15) is 75.3 Å². The number of aliphatic hydroxyl groups is 2. The number of ether oxygens (including phenoxy) is 4. The average molecular weight is 799 g/mol. The molecule has 3 aromatic rings. The van der Waals surface area contributed by atoms with Crippen LogP contribution in [0.3, 0.4) is 0 Å². The van der Waals surface area contributed by atoms with Crippen molar-refractivity contribution in [2.45, 2.75) is 87.5 Å². The zero-order valence-electron chi connectivity index (χ0n) is 33.5. The number of amides is 1. The maximum absolute atomic E-state index is 13.8. The zero-order valence-corrected chi connectivity index (χ0v) is 34.3. The highest BCUT2D eigenvalue weighted by Gasteiger charge is 2.65. The molecule has 1 aliphatic heterocycles. The van der Waals surface area contributed by atoms with E-state index in [1.165, 1.54) is 7.11 Å². The van der Waals surface area contributed by atoms with Crippen molar-refractivity contribution < 1.29 is 38.8 Å². The van der Waals surface area contributed by atoms with Gasteiger partial charge in [-0.15, -0.1) is 18.3 Å². The molecule has 0 saturated heterocycles. The van der Waals surface area contributed by atoms with Gasteiger partial charge in [-0.1, -0.05) is 67.4 Å². The van der Waals surface area contributed by atoms with E-state index in [2.05, 4.69) is 18.7 Å². The minimum absolute atomic E-state index is 0.0949. The standard InChI is InChI=1S/C46H58N2O8S/c1-5-24-48(45(51)52-3)42-30-40(47-54-31-32-14-8-7-9-15-32)38-28-33(16-10-12-25-49)37(17-11-13-26-50)43-39-29-35(55-34-18-21-36(57-4)22-19-34)20-23-41(39)56-46(42,44(38)43)53-27-6-2/h6-9,14-15,18-23,28-29,33,37,42-44,49-50H,2,5,10-13,16-17,24-27,30-31H2,1,3-4H3. The molecule has 1 heterocycles. The summed E-state index contributed by atoms with van der Waals surface area (Å²) in [5, 5.41) is 24.7. The van der Waals surface area contributed by atoms with Crippen molar-refractivity contribution in [3.8, 4) is 17.2 Å². The Bertz CT molecular complexity index is 1840. The van der Waals surface area contributed by atoms with Crippen LogP contribution in [-0.4, -0.2) is 78.5 Å². The molecule has 10 nitrogen and oxygen atoms in total. The summed E-state index contributed by atoms with van der Waals surface area (Å²) in [4.78, 5) is 22.9. The summed E-state index contributed by atoms with van der Waals surface area (Å²) in [6.07, 6.45) is 11.4. The molecule has 6 unspecified atom stereocenters. The Hall–Kier alpha value is -4.29. The maximum Gasteiger partial charge on any atom is 0.409 e. The van der Waals surface area contributed by atoms with E-state index in [0.717, 1.165) is 58.7 Å². The van der Waals surface area contributed by atoms with E-state index in [1.807, 2.05) is 79.9 Å². The van der Waals surface area contributed by atoms with Crippen LogP contribution in [0.5, 0.6) is 17.2 Å². The monoisotopic (exact) mass is 798 g/mol. The third kappa shape index (κ3) is 9.54. The first kappa shape index (κ1) is 42.3. The van der Waals surface area contributed by atoms with Crippen molar-refractivity contribution in [1.82, 2.24) is 4.90 Å². The van der Waals surface area contributed by atoms with E-state index >= 15 is 0 Å². The van der Waals surface area contributed by atoms with Crippen molar-refractivity contribution in [2.75, 3.05) is 39.7 Å². The molecule has 1 saturated carbocycles. The molecule has 306 valence electrons. The highest BCUT2D eigenvalue weighted by Crippen LogP contribution is 2.62. The molecule has 11 heteroatoms. The van der Waals surface area contributed by atoms with Gasteiger partial charge in [0, 0.05) is 42.6 Å². The van der Waals surface area contributed by atoms with Gasteiger partial charge in [0.25, 0.3) is 0 Å². The molecule has 6 atom stereocenters. The normalized spacial score (nSPS) is 24.1. The van der Waals surface area contributed by atoms with Crippen LogP contribution in [0.2, 0.25) is 0 Å². The van der Waals surface area contributed by atoms with E-state index in [0.29, 0.717) is 43.7 Å². The summed E-state index contributed by atoms with van der Waals surface area (Å²) >= 11 is 1.68. The molecule has 3 aliphatic rings. The third-order valence-corrected chi connectivity index (χ3v) is 12.2. The van der Waals surface area contributed by atoms with E-state index in [9.17, 15) is 15.0 Å². The molecule has 0 aromatic heterocycles. The van der Waals surface area contributed by atoms with Crippen molar-refractivity contribution >= 4 is 23.6 Å². The van der Waals surface area contributed by atoms with E-state index in [-0.39, 0.29) is 44.2 Å². The van der Waals surface area contributed by atoms with Crippen molar-refractivity contribution in [2.24, 2.45) is 22.9 Å². The minimum atomic E-state index is -1.35. The Morgan fingerprint density at radius 3 is 2.44 bits per heavy atom. The van der Waals surface area contributed by atoms with Crippen LogP contribution >= 0.6 is 11.8 Å². The Balaban J connectivity index is 1.56. The Morgan fingerprint density at radius 1 is 1.02 bits per heavy atom. The smallest absolute Gasteiger partial charge is 0.409 e. The lowest BCUT2D eigenvalue weighted by atomic mass is 9.55. The van der Waals surface area contributed by atoms with Crippen molar-refractivity contribution in [1.29, 1.82) is 0 Å². The van der Waals surface area contributed by atoms with Crippen molar-refractivity contribution in [3.63, 3.8) is 0 Å². The Kier molecular flexibility index (Phi) is 15.2. The van der Waals surface area contributed by atoms with Crippen LogP contribution in [0.4, 0.5) is 4.79 Å². The van der Waals surface area contributed by atoms with E-state index in [4.69, 9.17) is 28.9 Å². The number of hydrogen-bond acceptors (Lipinski definition) is 10. The lowest BCUT2D eigenvalue weighted by molar-refractivity contribution is -0.255.